The molecule has 0 aliphatic carbocycles. The molecule has 0 amide bonds. The van der Waals surface area contributed by atoms with Crippen molar-refractivity contribution in [1.82, 2.24) is 10.1 Å². The van der Waals surface area contributed by atoms with Gasteiger partial charge in [-0.1, -0.05) is 17.3 Å². The average molecular weight is 248 g/mol. The summed E-state index contributed by atoms with van der Waals surface area (Å²) in [6.45, 7) is 3.35. The maximum absolute atomic E-state index is 11.2. The van der Waals surface area contributed by atoms with Gasteiger partial charge in [0.15, 0.2) is 11.6 Å². The third-order valence-electron chi connectivity index (χ3n) is 2.17. The summed E-state index contributed by atoms with van der Waals surface area (Å²) in [7, 11) is 0. The minimum Gasteiger partial charge on any atom is -0.338 e. The van der Waals surface area contributed by atoms with Crippen molar-refractivity contribution in [3.8, 4) is 0 Å². The van der Waals surface area contributed by atoms with Crippen LogP contribution in [0.2, 0.25) is 0 Å². The molecule has 0 radical (unpaired) electrons. The third kappa shape index (κ3) is 3.17. The van der Waals surface area contributed by atoms with E-state index in [0.29, 0.717) is 17.5 Å². The summed E-state index contributed by atoms with van der Waals surface area (Å²) in [5, 5.41) is 3.72. The molecule has 0 saturated heterocycles. The number of hydrogen-bond acceptors (Lipinski definition) is 5. The molecule has 5 heteroatoms. The van der Waals surface area contributed by atoms with Crippen LogP contribution in [0.1, 0.15) is 29.0 Å². The molecule has 2 rings (SSSR count). The topological polar surface area (TPSA) is 56.0 Å². The number of aromatic nitrogens is 2. The molecule has 0 N–H and O–H groups in total. The fourth-order valence-corrected chi connectivity index (χ4v) is 2.14. The van der Waals surface area contributed by atoms with Crippen molar-refractivity contribution in [3.63, 3.8) is 0 Å². The summed E-state index contributed by atoms with van der Waals surface area (Å²) >= 11 is 1.57. The molecule has 2 aromatic rings. The second kappa shape index (κ2) is 5.14. The lowest BCUT2D eigenvalue weighted by Gasteiger charge is -2.00. The zero-order valence-electron chi connectivity index (χ0n) is 9.64. The van der Waals surface area contributed by atoms with Gasteiger partial charge in [-0.3, -0.25) is 4.79 Å². The Morgan fingerprint density at radius 3 is 2.94 bits per heavy atom. The number of thioether (sulfide) groups is 1. The van der Waals surface area contributed by atoms with Crippen LogP contribution in [0.25, 0.3) is 0 Å². The van der Waals surface area contributed by atoms with E-state index in [-0.39, 0.29) is 5.78 Å². The van der Waals surface area contributed by atoms with Gasteiger partial charge in [0.25, 0.3) is 0 Å². The Morgan fingerprint density at radius 1 is 1.47 bits per heavy atom. The standard InChI is InChI=1S/C12H12N2O2S/c1-8(15)10-4-3-5-11(6-10)17-7-12-13-9(2)14-16-12/h3-6H,7H2,1-2H3. The predicted octanol–water partition coefficient (Wildman–Crippen LogP) is 2.87. The van der Waals surface area contributed by atoms with Gasteiger partial charge < -0.3 is 4.52 Å². The molecule has 88 valence electrons. The molecular weight excluding hydrogens is 236 g/mol. The van der Waals surface area contributed by atoms with E-state index in [1.54, 1.807) is 25.6 Å². The van der Waals surface area contributed by atoms with E-state index in [1.165, 1.54) is 0 Å². The van der Waals surface area contributed by atoms with Crippen molar-refractivity contribution in [3.05, 3.63) is 41.5 Å². The molecular formula is C12H12N2O2S. The summed E-state index contributed by atoms with van der Waals surface area (Å²) < 4.78 is 5.01. The lowest BCUT2D eigenvalue weighted by molar-refractivity contribution is 0.101. The van der Waals surface area contributed by atoms with Crippen LogP contribution in [-0.4, -0.2) is 15.9 Å². The highest BCUT2D eigenvalue weighted by Crippen LogP contribution is 2.23. The summed E-state index contributed by atoms with van der Waals surface area (Å²) in [5.41, 5.74) is 0.719. The number of aryl methyl sites for hydroxylation is 1. The van der Waals surface area contributed by atoms with Gasteiger partial charge in [0, 0.05) is 10.5 Å². The molecule has 0 bridgehead atoms. The van der Waals surface area contributed by atoms with Gasteiger partial charge in [-0.2, -0.15) is 4.98 Å². The summed E-state index contributed by atoms with van der Waals surface area (Å²) in [5.74, 6) is 1.92. The molecule has 1 aromatic carbocycles. The van der Waals surface area contributed by atoms with Crippen LogP contribution in [0.3, 0.4) is 0 Å². The van der Waals surface area contributed by atoms with Crippen molar-refractivity contribution in [2.45, 2.75) is 24.5 Å². The molecule has 0 unspecified atom stereocenters. The maximum atomic E-state index is 11.2. The SMILES string of the molecule is CC(=O)c1cccc(SCc2nc(C)no2)c1. The van der Waals surface area contributed by atoms with Gasteiger partial charge in [0.05, 0.1) is 5.75 Å². The highest BCUT2D eigenvalue weighted by Gasteiger charge is 2.05. The van der Waals surface area contributed by atoms with E-state index in [9.17, 15) is 4.79 Å². The lowest BCUT2D eigenvalue weighted by Crippen LogP contribution is -1.91. The molecule has 1 aromatic heterocycles. The number of nitrogens with zero attached hydrogens (tertiary/aromatic N) is 2. The van der Waals surface area contributed by atoms with Gasteiger partial charge in [0.2, 0.25) is 5.89 Å². The Kier molecular flexibility index (Phi) is 3.58. The Morgan fingerprint density at radius 2 is 2.29 bits per heavy atom. The zero-order valence-corrected chi connectivity index (χ0v) is 10.5. The highest BCUT2D eigenvalue weighted by molar-refractivity contribution is 7.98. The van der Waals surface area contributed by atoms with Gasteiger partial charge >= 0.3 is 0 Å². The monoisotopic (exact) mass is 248 g/mol. The van der Waals surface area contributed by atoms with Crippen LogP contribution in [0.5, 0.6) is 0 Å². The maximum Gasteiger partial charge on any atom is 0.236 e. The Labute approximate surface area is 103 Å². The number of carbonyl (C=O) groups is 1. The van der Waals surface area contributed by atoms with Gasteiger partial charge in [-0.05, 0) is 26.0 Å². The number of rotatable bonds is 4. The molecule has 1 heterocycles. The van der Waals surface area contributed by atoms with Crippen molar-refractivity contribution in [2.24, 2.45) is 0 Å². The van der Waals surface area contributed by atoms with Gasteiger partial charge in [-0.25, -0.2) is 0 Å². The number of Topliss-reactive ketones (excluding diaryl/α,β-unsaturated/α-hetero) is 1. The van der Waals surface area contributed by atoms with Crippen LogP contribution >= 0.6 is 11.8 Å². The molecule has 17 heavy (non-hydrogen) atoms. The van der Waals surface area contributed by atoms with Crippen molar-refractivity contribution >= 4 is 17.5 Å². The first-order valence-electron chi connectivity index (χ1n) is 5.18. The van der Waals surface area contributed by atoms with E-state index >= 15 is 0 Å². The fourth-order valence-electron chi connectivity index (χ4n) is 1.35. The van der Waals surface area contributed by atoms with Gasteiger partial charge in [-0.15, -0.1) is 11.8 Å². The summed E-state index contributed by atoms with van der Waals surface area (Å²) in [6.07, 6.45) is 0. The Hall–Kier alpha value is -1.62. The van der Waals surface area contributed by atoms with Crippen LogP contribution in [0.4, 0.5) is 0 Å². The number of benzene rings is 1. The van der Waals surface area contributed by atoms with E-state index in [0.717, 1.165) is 10.5 Å². The summed E-state index contributed by atoms with van der Waals surface area (Å²) in [6, 6.07) is 7.51. The molecule has 4 nitrogen and oxygen atoms in total. The number of hydrogen-bond donors (Lipinski definition) is 0. The fraction of sp³-hybridized carbons (Fsp3) is 0.250. The zero-order chi connectivity index (χ0) is 12.3. The van der Waals surface area contributed by atoms with E-state index in [1.807, 2.05) is 24.3 Å². The first-order chi connectivity index (χ1) is 8.15. The highest BCUT2D eigenvalue weighted by atomic mass is 32.2. The number of ketones is 1. The average Bonchev–Trinajstić information content (AvgIpc) is 2.73. The molecule has 0 spiro atoms. The first-order valence-corrected chi connectivity index (χ1v) is 6.16. The normalized spacial score (nSPS) is 10.5. The second-order valence-corrected chi connectivity index (χ2v) is 4.66. The largest absolute Gasteiger partial charge is 0.338 e. The minimum atomic E-state index is 0.0704. The van der Waals surface area contributed by atoms with Crippen LogP contribution < -0.4 is 0 Å². The van der Waals surface area contributed by atoms with E-state index < -0.39 is 0 Å². The first kappa shape index (κ1) is 11.9. The molecule has 0 aliphatic heterocycles. The van der Waals surface area contributed by atoms with Crippen molar-refractivity contribution < 1.29 is 9.32 Å². The predicted molar refractivity (Wildman–Crippen MR) is 65.0 cm³/mol. The lowest BCUT2D eigenvalue weighted by atomic mass is 10.2. The Balaban J connectivity index is 2.04. The molecule has 0 atom stereocenters. The van der Waals surface area contributed by atoms with Crippen LogP contribution in [-0.2, 0) is 5.75 Å². The van der Waals surface area contributed by atoms with E-state index in [4.69, 9.17) is 4.52 Å². The van der Waals surface area contributed by atoms with Crippen LogP contribution in [0, 0.1) is 6.92 Å². The minimum absolute atomic E-state index is 0.0704. The summed E-state index contributed by atoms with van der Waals surface area (Å²) in [4.78, 5) is 16.4. The van der Waals surface area contributed by atoms with Crippen molar-refractivity contribution in [2.75, 3.05) is 0 Å². The van der Waals surface area contributed by atoms with E-state index in [2.05, 4.69) is 10.1 Å². The molecule has 0 fully saturated rings. The third-order valence-corrected chi connectivity index (χ3v) is 3.15. The second-order valence-electron chi connectivity index (χ2n) is 3.61. The molecule has 0 saturated carbocycles. The Bertz CT molecular complexity index is 537. The number of carbonyl (C=O) groups excluding carboxylic acids is 1. The quantitative estimate of drug-likeness (QED) is 0.615. The van der Waals surface area contributed by atoms with Gasteiger partial charge in [0.1, 0.15) is 0 Å². The van der Waals surface area contributed by atoms with Crippen LogP contribution in [0.15, 0.2) is 33.7 Å². The van der Waals surface area contributed by atoms with Crippen molar-refractivity contribution in [1.29, 1.82) is 0 Å². The smallest absolute Gasteiger partial charge is 0.236 e. The molecule has 0 aliphatic rings.